The van der Waals surface area contributed by atoms with Gasteiger partial charge in [-0.1, -0.05) is 400 Å². The number of nitrogens with zero attached hydrogens (tertiary/aromatic N) is 8. The fourth-order valence-electron chi connectivity index (χ4n) is 22.2. The summed E-state index contributed by atoms with van der Waals surface area (Å²) in [5.41, 5.74) is 12.5. The molecule has 0 atom stereocenters. The summed E-state index contributed by atoms with van der Waals surface area (Å²) in [4.78, 5) is 15.4. The first-order chi connectivity index (χ1) is 68.9. The Balaban J connectivity index is 0.000000110. The highest BCUT2D eigenvalue weighted by Gasteiger charge is 2.49. The third-order valence-corrected chi connectivity index (χ3v) is 44.8. The van der Waals surface area contributed by atoms with Crippen LogP contribution in [0.25, 0.3) is 145 Å². The maximum Gasteiger partial charge on any atom is 0.237 e. The Kier molecular flexibility index (Phi) is 20.9. The summed E-state index contributed by atoms with van der Waals surface area (Å²) < 4.78 is 18.8. The van der Waals surface area contributed by atoms with Crippen LogP contribution < -0.4 is 62.5 Å². The first-order valence-electron chi connectivity index (χ1n) is 46.7. The fraction of sp³-hybridized carbons (Fsp3) is 0. The van der Waals surface area contributed by atoms with Gasteiger partial charge in [0.15, 0.2) is 16.1 Å². The standard InChI is InChI=1S/C43H28N2OSi.C43H28N2SSi.C39H26N4SSi/c2*44-29-30-26-31(45-39-22-10-7-18-35(39)36-19-8-11-23-40(36)45)28-34(27-30)47(32-14-3-1-4-15-32,33-16-5-2-6-17-33)42-25-13-21-38-37-20-9-12-24-41(37)46-43(38)42;1-3-14-27(15-4-1)45(28-16-5-2-6-17-28,36-25-13-21-32-31-20-9-12-24-35(31)44-37(32)36)39-41-26-40-38(42-39)43-33-22-10-7-18-29(33)30-19-8-11-23-34(30)43/h2*1-28H;1-26H. The first-order valence-corrected chi connectivity index (χ1v) is 54.3. The van der Waals surface area contributed by atoms with Crippen LogP contribution in [0.15, 0.2) is 502 Å². The second kappa shape index (κ2) is 34.9. The fourth-order valence-corrected chi connectivity index (χ4v) is 39.9. The Hall–Kier alpha value is -17.3. The maximum absolute atomic E-state index is 10.6. The Bertz CT molecular complexity index is 8890. The summed E-state index contributed by atoms with van der Waals surface area (Å²) in [6, 6.07) is 181. The Morgan fingerprint density at radius 1 is 0.237 bits per heavy atom. The van der Waals surface area contributed by atoms with Crippen molar-refractivity contribution in [2.24, 2.45) is 0 Å². The topological polar surface area (TPSA) is 114 Å². The van der Waals surface area contributed by atoms with Gasteiger partial charge < -0.3 is 13.6 Å². The third-order valence-electron chi connectivity index (χ3n) is 28.0. The predicted octanol–water partition coefficient (Wildman–Crippen LogP) is 23.0. The van der Waals surface area contributed by atoms with Gasteiger partial charge in [0.05, 0.1) is 56.4 Å². The van der Waals surface area contributed by atoms with Gasteiger partial charge in [-0.2, -0.15) is 10.5 Å². The van der Waals surface area contributed by atoms with Crippen LogP contribution in [-0.2, 0) is 0 Å². The highest BCUT2D eigenvalue weighted by molar-refractivity contribution is 7.31. The van der Waals surface area contributed by atoms with Crippen LogP contribution in [0, 0.1) is 22.7 Å². The number of rotatable bonds is 15. The van der Waals surface area contributed by atoms with Crippen molar-refractivity contribution in [2.75, 3.05) is 0 Å². The van der Waals surface area contributed by atoms with Crippen molar-refractivity contribution in [3.63, 3.8) is 0 Å². The minimum atomic E-state index is -3.11. The SMILES string of the molecule is N#Cc1cc(-n2c3ccccc3c3ccccc32)cc([Si](c2ccccc2)(c2ccccc2)c2cccc3c2oc2ccccc23)c1.N#Cc1cc(-n2c3ccccc3c3ccccc32)cc([Si](c2ccccc2)(c2ccccc2)c2cccc3c2sc2ccccc23)c1.c1ccc([Si](c2ccccc2)(c2ncnc(-n3c4ccccc4c4ccccc43)n2)c2cccc3c2sc2ccccc23)cc1. The molecule has 14 heteroatoms. The molecule has 0 bridgehead atoms. The highest BCUT2D eigenvalue weighted by Crippen LogP contribution is 2.40. The van der Waals surface area contributed by atoms with Crippen LogP contribution in [0.2, 0.25) is 0 Å². The molecule has 0 spiro atoms. The molecule has 0 unspecified atom stereocenters. The minimum Gasteiger partial charge on any atom is -0.456 e. The molecule has 0 aliphatic carbocycles. The van der Waals surface area contributed by atoms with E-state index in [1.807, 2.05) is 40.9 Å². The minimum absolute atomic E-state index is 0.625. The second-order valence-electron chi connectivity index (χ2n) is 35.3. The molecule has 0 aliphatic rings. The van der Waals surface area contributed by atoms with E-state index in [9.17, 15) is 10.5 Å². The van der Waals surface area contributed by atoms with Crippen molar-refractivity contribution in [1.29, 1.82) is 10.5 Å². The lowest BCUT2D eigenvalue weighted by Gasteiger charge is -2.35. The first kappa shape index (κ1) is 83.5. The number of nitriles is 2. The van der Waals surface area contributed by atoms with Gasteiger partial charge in [-0.15, -0.1) is 22.7 Å². The average Bonchev–Trinajstić information content (AvgIpc) is 1.69. The van der Waals surface area contributed by atoms with Gasteiger partial charge >= 0.3 is 0 Å². The molecule has 7 heterocycles. The van der Waals surface area contributed by atoms with Crippen molar-refractivity contribution in [3.05, 3.63) is 509 Å². The molecule has 0 saturated heterocycles. The van der Waals surface area contributed by atoms with Crippen LogP contribution >= 0.6 is 22.7 Å². The molecule has 0 saturated carbocycles. The van der Waals surface area contributed by atoms with Gasteiger partial charge in [-0.3, -0.25) is 4.57 Å². The molecule has 0 aliphatic heterocycles. The van der Waals surface area contributed by atoms with Crippen molar-refractivity contribution < 1.29 is 4.42 Å². The zero-order valence-corrected chi connectivity index (χ0v) is 79.8. The van der Waals surface area contributed by atoms with Gasteiger partial charge in [0.1, 0.15) is 22.9 Å². The van der Waals surface area contributed by atoms with E-state index >= 15 is 0 Å². The van der Waals surface area contributed by atoms with Crippen molar-refractivity contribution >= 4 is 237 Å². The largest absolute Gasteiger partial charge is 0.456 e. The lowest BCUT2D eigenvalue weighted by Crippen LogP contribution is -2.76. The third kappa shape index (κ3) is 13.6. The van der Waals surface area contributed by atoms with Crippen LogP contribution in [0.4, 0.5) is 0 Å². The van der Waals surface area contributed by atoms with Crippen molar-refractivity contribution in [3.8, 4) is 29.5 Å². The molecular weight excluding hydrogens is 1780 g/mol. The number of benzene rings is 20. The molecule has 27 rings (SSSR count). The quantitative estimate of drug-likeness (QED) is 0.0746. The molecule has 20 aromatic carbocycles. The van der Waals surface area contributed by atoms with Crippen molar-refractivity contribution in [1.82, 2.24) is 28.7 Å². The number of hydrogen-bond acceptors (Lipinski definition) is 8. The van der Waals surface area contributed by atoms with Gasteiger partial charge in [0.25, 0.3) is 0 Å². The molecule has 27 aromatic rings. The highest BCUT2D eigenvalue weighted by atomic mass is 32.1. The van der Waals surface area contributed by atoms with Crippen LogP contribution in [0.3, 0.4) is 0 Å². The molecule has 0 fully saturated rings. The van der Waals surface area contributed by atoms with Gasteiger partial charge in [0, 0.05) is 94.8 Å². The predicted molar refractivity (Wildman–Crippen MR) is 589 cm³/mol. The van der Waals surface area contributed by atoms with E-state index in [4.69, 9.17) is 19.4 Å². The molecule has 0 amide bonds. The summed E-state index contributed by atoms with van der Waals surface area (Å²) in [7, 11) is -9.19. The average molecular weight is 1860 g/mol. The normalized spacial score (nSPS) is 11.9. The molecule has 0 N–H and O–H groups in total. The van der Waals surface area contributed by atoms with Crippen LogP contribution in [-0.4, -0.2) is 52.9 Å². The monoisotopic (exact) mass is 1860 g/mol. The molecule has 652 valence electrons. The van der Waals surface area contributed by atoms with E-state index in [0.29, 0.717) is 17.1 Å². The summed E-state index contributed by atoms with van der Waals surface area (Å²) in [5, 5.41) is 49.3. The lowest BCUT2D eigenvalue weighted by atomic mass is 10.1. The summed E-state index contributed by atoms with van der Waals surface area (Å²) in [5.74, 6) is 0.629. The number of aromatic nitrogens is 6. The molecule has 7 aromatic heterocycles. The Morgan fingerprint density at radius 2 is 0.532 bits per heavy atom. The van der Waals surface area contributed by atoms with Crippen LogP contribution in [0.1, 0.15) is 11.1 Å². The van der Waals surface area contributed by atoms with Crippen LogP contribution in [0.5, 0.6) is 0 Å². The zero-order valence-electron chi connectivity index (χ0n) is 75.1. The number of para-hydroxylation sites is 8. The number of furan rings is 1. The van der Waals surface area contributed by atoms with Gasteiger partial charge in [-0.25, -0.2) is 15.0 Å². The lowest BCUT2D eigenvalue weighted by molar-refractivity contribution is 0.671. The summed E-state index contributed by atoms with van der Waals surface area (Å²) in [6.07, 6.45) is 1.71. The van der Waals surface area contributed by atoms with Gasteiger partial charge in [0.2, 0.25) is 14.0 Å². The van der Waals surface area contributed by atoms with E-state index in [1.54, 1.807) is 6.33 Å². The molecule has 9 nitrogen and oxygen atoms in total. The smallest absolute Gasteiger partial charge is 0.237 e. The maximum atomic E-state index is 10.6. The molecular formula is C125H82N8OS2Si3. The summed E-state index contributed by atoms with van der Waals surface area (Å²) in [6.45, 7) is 0. The molecule has 0 radical (unpaired) electrons. The van der Waals surface area contributed by atoms with E-state index in [2.05, 4.69) is 499 Å². The van der Waals surface area contributed by atoms with E-state index in [0.717, 1.165) is 82.2 Å². The number of thiophene rings is 2. The Morgan fingerprint density at radius 3 is 0.914 bits per heavy atom. The Labute approximate surface area is 812 Å². The zero-order chi connectivity index (χ0) is 92.5. The van der Waals surface area contributed by atoms with Crippen molar-refractivity contribution in [2.45, 2.75) is 0 Å². The number of fused-ring (bicyclic) bond motifs is 18. The summed E-state index contributed by atoms with van der Waals surface area (Å²) >= 11 is 3.74. The molecule has 139 heavy (non-hydrogen) atoms. The van der Waals surface area contributed by atoms with E-state index in [1.165, 1.54) is 119 Å². The second-order valence-corrected chi connectivity index (χ2v) is 48.6. The van der Waals surface area contributed by atoms with Gasteiger partial charge in [-0.05, 0) is 148 Å². The van der Waals surface area contributed by atoms with E-state index in [-0.39, 0.29) is 0 Å². The number of hydrogen-bond donors (Lipinski definition) is 0. The van der Waals surface area contributed by atoms with E-state index < -0.39 is 24.2 Å².